The van der Waals surface area contributed by atoms with Crippen LogP contribution in [-0.4, -0.2) is 18.1 Å². The van der Waals surface area contributed by atoms with Gasteiger partial charge in [-0.25, -0.2) is 4.98 Å². The maximum absolute atomic E-state index is 6.07. The number of pyridine rings is 1. The summed E-state index contributed by atoms with van der Waals surface area (Å²) < 4.78 is 0. The molecule has 0 spiro atoms. The molecule has 1 aliphatic heterocycles. The summed E-state index contributed by atoms with van der Waals surface area (Å²) >= 11 is 12.0. The number of halogens is 2. The zero-order valence-corrected chi connectivity index (χ0v) is 13.2. The molecule has 1 aromatic heterocycles. The van der Waals surface area contributed by atoms with E-state index in [2.05, 4.69) is 23.7 Å². The van der Waals surface area contributed by atoms with Crippen LogP contribution in [0.3, 0.4) is 0 Å². The minimum absolute atomic E-state index is 0.441. The Morgan fingerprint density at radius 2 is 2.16 bits per heavy atom. The summed E-state index contributed by atoms with van der Waals surface area (Å²) in [5, 5.41) is 0.661. The maximum atomic E-state index is 6.07. The summed E-state index contributed by atoms with van der Waals surface area (Å²) in [5.41, 5.74) is 0.970. The summed E-state index contributed by atoms with van der Waals surface area (Å²) in [6.45, 7) is 6.82. The topological polar surface area (TPSA) is 16.1 Å². The Labute approximate surface area is 126 Å². The van der Waals surface area contributed by atoms with Gasteiger partial charge in [0.25, 0.3) is 0 Å². The minimum Gasteiger partial charge on any atom is -0.357 e. The Hall–Kier alpha value is -0.470. The number of aromatic nitrogens is 1. The van der Waals surface area contributed by atoms with Crippen LogP contribution in [0.15, 0.2) is 12.3 Å². The number of anilines is 1. The van der Waals surface area contributed by atoms with Gasteiger partial charge in [-0.05, 0) is 42.7 Å². The van der Waals surface area contributed by atoms with Crippen molar-refractivity contribution in [3.63, 3.8) is 0 Å². The third-order valence-electron chi connectivity index (χ3n) is 4.10. The van der Waals surface area contributed by atoms with E-state index in [0.29, 0.717) is 10.9 Å². The fourth-order valence-corrected chi connectivity index (χ4v) is 3.22. The minimum atomic E-state index is 0.441. The number of nitrogens with zero attached hydrogens (tertiary/aromatic N) is 2. The molecule has 1 aromatic rings. The first-order valence-electron chi connectivity index (χ1n) is 7.07. The Morgan fingerprint density at radius 3 is 2.84 bits per heavy atom. The maximum Gasteiger partial charge on any atom is 0.128 e. The van der Waals surface area contributed by atoms with Gasteiger partial charge in [0.1, 0.15) is 5.82 Å². The van der Waals surface area contributed by atoms with Crippen LogP contribution in [0, 0.1) is 11.8 Å². The molecule has 0 aromatic carbocycles. The van der Waals surface area contributed by atoms with E-state index in [1.54, 1.807) is 6.20 Å². The number of hydrogen-bond donors (Lipinski definition) is 0. The number of alkyl halides is 1. The van der Waals surface area contributed by atoms with Crippen LogP contribution in [-0.2, 0) is 5.88 Å². The van der Waals surface area contributed by atoms with Gasteiger partial charge in [0.2, 0.25) is 0 Å². The highest BCUT2D eigenvalue weighted by Crippen LogP contribution is 2.28. The molecule has 1 fully saturated rings. The first-order valence-corrected chi connectivity index (χ1v) is 7.98. The molecule has 0 saturated carbocycles. The van der Waals surface area contributed by atoms with Gasteiger partial charge < -0.3 is 4.90 Å². The van der Waals surface area contributed by atoms with E-state index in [9.17, 15) is 0 Å². The third-order valence-corrected chi connectivity index (χ3v) is 4.73. The number of hydrogen-bond acceptors (Lipinski definition) is 2. The van der Waals surface area contributed by atoms with Gasteiger partial charge >= 0.3 is 0 Å². The first-order chi connectivity index (χ1) is 9.11. The van der Waals surface area contributed by atoms with Gasteiger partial charge in [-0.3, -0.25) is 0 Å². The molecule has 106 valence electrons. The van der Waals surface area contributed by atoms with Gasteiger partial charge in [0.15, 0.2) is 0 Å². The molecule has 2 rings (SSSR count). The lowest BCUT2D eigenvalue weighted by Gasteiger charge is -2.23. The average Bonchev–Trinajstić information content (AvgIpc) is 2.65. The van der Waals surface area contributed by atoms with Crippen LogP contribution in [0.2, 0.25) is 5.02 Å². The zero-order valence-electron chi connectivity index (χ0n) is 11.7. The Balaban J connectivity index is 2.09. The second kappa shape index (κ2) is 6.81. The smallest absolute Gasteiger partial charge is 0.128 e. The summed E-state index contributed by atoms with van der Waals surface area (Å²) in [6, 6.07) is 2.03. The van der Waals surface area contributed by atoms with Crippen molar-refractivity contribution in [3.8, 4) is 0 Å². The summed E-state index contributed by atoms with van der Waals surface area (Å²) in [6.07, 6.45) is 5.53. The molecule has 0 amide bonds. The molecule has 2 heterocycles. The second-order valence-electron chi connectivity index (χ2n) is 5.69. The Kier molecular flexibility index (Phi) is 5.35. The van der Waals surface area contributed by atoms with Crippen LogP contribution in [0.5, 0.6) is 0 Å². The van der Waals surface area contributed by atoms with E-state index in [4.69, 9.17) is 23.2 Å². The molecule has 4 heteroatoms. The molecule has 0 N–H and O–H groups in total. The molecule has 1 saturated heterocycles. The van der Waals surface area contributed by atoms with Gasteiger partial charge in [-0.1, -0.05) is 25.4 Å². The Morgan fingerprint density at radius 1 is 1.37 bits per heavy atom. The van der Waals surface area contributed by atoms with Gasteiger partial charge in [-0.2, -0.15) is 0 Å². The van der Waals surface area contributed by atoms with Crippen molar-refractivity contribution in [2.24, 2.45) is 11.8 Å². The van der Waals surface area contributed by atoms with Gasteiger partial charge in [0, 0.05) is 25.2 Å². The molecule has 19 heavy (non-hydrogen) atoms. The lowest BCUT2D eigenvalue weighted by molar-refractivity contribution is 0.351. The van der Waals surface area contributed by atoms with Crippen LogP contribution in [0.25, 0.3) is 0 Å². The van der Waals surface area contributed by atoms with Crippen molar-refractivity contribution in [3.05, 3.63) is 22.8 Å². The molecule has 1 aliphatic rings. The molecule has 0 bridgehead atoms. The molecule has 1 atom stereocenters. The predicted molar refractivity (Wildman–Crippen MR) is 83.2 cm³/mol. The molecule has 2 nitrogen and oxygen atoms in total. The van der Waals surface area contributed by atoms with E-state index >= 15 is 0 Å². The first kappa shape index (κ1) is 14.9. The lowest BCUT2D eigenvalue weighted by atomic mass is 9.89. The van der Waals surface area contributed by atoms with Crippen LogP contribution < -0.4 is 4.90 Å². The quantitative estimate of drug-likeness (QED) is 0.750. The van der Waals surface area contributed by atoms with Crippen molar-refractivity contribution in [1.82, 2.24) is 4.98 Å². The van der Waals surface area contributed by atoms with Crippen LogP contribution in [0.4, 0.5) is 5.82 Å². The Bertz CT molecular complexity index is 421. The highest BCUT2D eigenvalue weighted by atomic mass is 35.5. The third kappa shape index (κ3) is 3.76. The molecular formula is C15H22Cl2N2. The van der Waals surface area contributed by atoms with Crippen LogP contribution >= 0.6 is 23.2 Å². The average molecular weight is 301 g/mol. The molecule has 1 unspecified atom stereocenters. The molecule has 0 radical (unpaired) electrons. The van der Waals surface area contributed by atoms with E-state index < -0.39 is 0 Å². The SMILES string of the molecule is CC(C)C1CCCN(c2cc(CCl)c(Cl)cn2)CC1. The largest absolute Gasteiger partial charge is 0.357 e. The normalized spacial score (nSPS) is 20.7. The van der Waals surface area contributed by atoms with Crippen molar-refractivity contribution in [1.29, 1.82) is 0 Å². The summed E-state index contributed by atoms with van der Waals surface area (Å²) in [5.74, 6) is 3.07. The van der Waals surface area contributed by atoms with Crippen molar-refractivity contribution < 1.29 is 0 Å². The summed E-state index contributed by atoms with van der Waals surface area (Å²) in [7, 11) is 0. The fraction of sp³-hybridized carbons (Fsp3) is 0.667. The predicted octanol–water partition coefficient (Wildman–Crippen LogP) is 4.74. The van der Waals surface area contributed by atoms with Gasteiger partial charge in [-0.15, -0.1) is 11.6 Å². The van der Waals surface area contributed by atoms with Crippen molar-refractivity contribution >= 4 is 29.0 Å². The standard InChI is InChI=1S/C15H22Cl2N2/c1-11(2)12-4-3-6-19(7-5-12)15-8-13(9-16)14(17)10-18-15/h8,10-12H,3-7,9H2,1-2H3. The highest BCUT2D eigenvalue weighted by Gasteiger charge is 2.20. The van der Waals surface area contributed by atoms with E-state index in [0.717, 1.165) is 36.3 Å². The van der Waals surface area contributed by atoms with E-state index in [-0.39, 0.29) is 0 Å². The summed E-state index contributed by atoms with van der Waals surface area (Å²) in [4.78, 5) is 6.83. The monoisotopic (exact) mass is 300 g/mol. The second-order valence-corrected chi connectivity index (χ2v) is 6.36. The highest BCUT2D eigenvalue weighted by molar-refractivity contribution is 6.32. The molecular weight excluding hydrogens is 279 g/mol. The van der Waals surface area contributed by atoms with E-state index in [1.165, 1.54) is 19.3 Å². The van der Waals surface area contributed by atoms with Crippen molar-refractivity contribution in [2.75, 3.05) is 18.0 Å². The fourth-order valence-electron chi connectivity index (χ4n) is 2.76. The van der Waals surface area contributed by atoms with E-state index in [1.807, 2.05) is 6.07 Å². The number of rotatable bonds is 3. The van der Waals surface area contributed by atoms with Crippen LogP contribution in [0.1, 0.15) is 38.7 Å². The molecule has 0 aliphatic carbocycles. The van der Waals surface area contributed by atoms with Gasteiger partial charge in [0.05, 0.1) is 5.02 Å². The lowest BCUT2D eigenvalue weighted by Crippen LogP contribution is -2.25. The zero-order chi connectivity index (χ0) is 13.8. The van der Waals surface area contributed by atoms with Crippen molar-refractivity contribution in [2.45, 2.75) is 39.0 Å².